The van der Waals surface area contributed by atoms with Crippen molar-refractivity contribution in [2.24, 2.45) is 0 Å². The minimum absolute atomic E-state index is 0.641. The fraction of sp³-hybridized carbons (Fsp3) is 0.526. The number of aryl methyl sites for hydroxylation is 2. The second-order valence-electron chi connectivity index (χ2n) is 6.64. The van der Waals surface area contributed by atoms with Crippen LogP contribution in [0.15, 0.2) is 22.7 Å². The Bertz CT molecular complexity index is 658. The average Bonchev–Trinajstić information content (AvgIpc) is 3.10. The zero-order chi connectivity index (χ0) is 16.4. The zero-order valence-corrected chi connectivity index (χ0v) is 14.6. The Hall–Kier alpha value is -1.81. The molecule has 0 fully saturated rings. The molecule has 0 bridgehead atoms. The minimum atomic E-state index is 0.641. The number of fused-ring (bicyclic) bond motifs is 1. The van der Waals surface area contributed by atoms with E-state index in [0.29, 0.717) is 6.04 Å². The molecule has 0 saturated carbocycles. The molecule has 124 valence electrons. The van der Waals surface area contributed by atoms with Gasteiger partial charge in [-0.15, -0.1) is 0 Å². The SMILES string of the molecule is CCCC(C)N1Cc2cccc(NCc3c(C)noc3C)c2C1. The van der Waals surface area contributed by atoms with E-state index in [4.69, 9.17) is 4.52 Å². The van der Waals surface area contributed by atoms with Crippen LogP contribution in [-0.2, 0) is 19.6 Å². The van der Waals surface area contributed by atoms with Crippen molar-refractivity contribution in [3.05, 3.63) is 46.3 Å². The number of benzene rings is 1. The van der Waals surface area contributed by atoms with Crippen LogP contribution in [0.5, 0.6) is 0 Å². The lowest BCUT2D eigenvalue weighted by atomic mass is 10.1. The highest BCUT2D eigenvalue weighted by atomic mass is 16.5. The largest absolute Gasteiger partial charge is 0.380 e. The molecule has 3 rings (SSSR count). The predicted molar refractivity (Wildman–Crippen MR) is 93.4 cm³/mol. The monoisotopic (exact) mass is 313 g/mol. The first kappa shape index (κ1) is 16.1. The van der Waals surface area contributed by atoms with Crippen LogP contribution in [-0.4, -0.2) is 16.1 Å². The highest BCUT2D eigenvalue weighted by Gasteiger charge is 2.24. The molecule has 0 spiro atoms. The molecule has 1 aromatic heterocycles. The van der Waals surface area contributed by atoms with Gasteiger partial charge in [-0.1, -0.05) is 30.6 Å². The van der Waals surface area contributed by atoms with Crippen LogP contribution >= 0.6 is 0 Å². The Morgan fingerprint density at radius 3 is 2.83 bits per heavy atom. The molecule has 1 aromatic carbocycles. The van der Waals surface area contributed by atoms with Gasteiger partial charge in [0.2, 0.25) is 0 Å². The second kappa shape index (κ2) is 6.75. The first-order valence-electron chi connectivity index (χ1n) is 8.60. The van der Waals surface area contributed by atoms with Crippen LogP contribution in [0.2, 0.25) is 0 Å². The molecule has 4 heteroatoms. The quantitative estimate of drug-likeness (QED) is 0.858. The standard InChI is InChI=1S/C19H27N3O/c1-5-7-13(2)22-11-16-8-6-9-19(18(16)12-22)20-10-17-14(3)21-23-15(17)4/h6,8-9,13,20H,5,7,10-12H2,1-4H3. The summed E-state index contributed by atoms with van der Waals surface area (Å²) in [6.45, 7) is 11.4. The molecule has 2 aromatic rings. The van der Waals surface area contributed by atoms with Crippen molar-refractivity contribution in [2.45, 2.75) is 66.2 Å². The molecule has 0 radical (unpaired) electrons. The highest BCUT2D eigenvalue weighted by molar-refractivity contribution is 5.56. The Kier molecular flexibility index (Phi) is 4.71. The maximum Gasteiger partial charge on any atom is 0.138 e. The fourth-order valence-electron chi connectivity index (χ4n) is 3.46. The summed E-state index contributed by atoms with van der Waals surface area (Å²) in [5, 5.41) is 7.63. The van der Waals surface area contributed by atoms with Crippen LogP contribution in [0.25, 0.3) is 0 Å². The van der Waals surface area contributed by atoms with Crippen molar-refractivity contribution in [1.82, 2.24) is 10.1 Å². The van der Waals surface area contributed by atoms with Crippen molar-refractivity contribution in [3.8, 4) is 0 Å². The van der Waals surface area contributed by atoms with E-state index in [1.807, 2.05) is 13.8 Å². The number of anilines is 1. The van der Waals surface area contributed by atoms with E-state index in [-0.39, 0.29) is 0 Å². The Balaban J connectivity index is 1.73. The summed E-state index contributed by atoms with van der Waals surface area (Å²) >= 11 is 0. The third-order valence-electron chi connectivity index (χ3n) is 4.97. The van der Waals surface area contributed by atoms with Gasteiger partial charge in [-0.05, 0) is 44.4 Å². The summed E-state index contributed by atoms with van der Waals surface area (Å²) in [5.41, 5.74) is 6.28. The third-order valence-corrected chi connectivity index (χ3v) is 4.97. The molecule has 1 aliphatic rings. The average molecular weight is 313 g/mol. The lowest BCUT2D eigenvalue weighted by molar-refractivity contribution is 0.202. The van der Waals surface area contributed by atoms with E-state index < -0.39 is 0 Å². The first-order chi connectivity index (χ1) is 11.1. The summed E-state index contributed by atoms with van der Waals surface area (Å²) in [6, 6.07) is 7.24. The van der Waals surface area contributed by atoms with E-state index in [1.54, 1.807) is 0 Å². The van der Waals surface area contributed by atoms with Crippen molar-refractivity contribution < 1.29 is 4.52 Å². The molecule has 0 amide bonds. The van der Waals surface area contributed by atoms with Gasteiger partial charge >= 0.3 is 0 Å². The topological polar surface area (TPSA) is 41.3 Å². The van der Waals surface area contributed by atoms with Gasteiger partial charge in [-0.3, -0.25) is 4.90 Å². The molecular formula is C19H27N3O. The van der Waals surface area contributed by atoms with Gasteiger partial charge in [-0.25, -0.2) is 0 Å². The molecule has 4 nitrogen and oxygen atoms in total. The summed E-state index contributed by atoms with van der Waals surface area (Å²) in [4.78, 5) is 2.58. The van der Waals surface area contributed by atoms with Crippen molar-refractivity contribution >= 4 is 5.69 Å². The van der Waals surface area contributed by atoms with Gasteiger partial charge in [0.15, 0.2) is 0 Å². The van der Waals surface area contributed by atoms with Crippen molar-refractivity contribution in [1.29, 1.82) is 0 Å². The van der Waals surface area contributed by atoms with Gasteiger partial charge in [0, 0.05) is 36.9 Å². The lowest BCUT2D eigenvalue weighted by Gasteiger charge is -2.23. The molecule has 23 heavy (non-hydrogen) atoms. The van der Waals surface area contributed by atoms with Crippen LogP contribution < -0.4 is 5.32 Å². The van der Waals surface area contributed by atoms with E-state index in [1.165, 1.54) is 29.7 Å². The Labute approximate surface area is 138 Å². The zero-order valence-electron chi connectivity index (χ0n) is 14.6. The van der Waals surface area contributed by atoms with E-state index >= 15 is 0 Å². The maximum atomic E-state index is 5.25. The molecule has 1 N–H and O–H groups in total. The number of nitrogens with one attached hydrogen (secondary N) is 1. The summed E-state index contributed by atoms with van der Waals surface area (Å²) < 4.78 is 5.25. The van der Waals surface area contributed by atoms with Crippen LogP contribution in [0.3, 0.4) is 0 Å². The smallest absolute Gasteiger partial charge is 0.138 e. The lowest BCUT2D eigenvalue weighted by Crippen LogP contribution is -2.27. The summed E-state index contributed by atoms with van der Waals surface area (Å²) in [6.07, 6.45) is 2.50. The number of nitrogens with zero attached hydrogens (tertiary/aromatic N) is 2. The van der Waals surface area contributed by atoms with Gasteiger partial charge in [-0.2, -0.15) is 0 Å². The molecule has 0 aliphatic carbocycles. The van der Waals surface area contributed by atoms with Crippen molar-refractivity contribution in [3.63, 3.8) is 0 Å². The van der Waals surface area contributed by atoms with Crippen LogP contribution in [0.4, 0.5) is 5.69 Å². The minimum Gasteiger partial charge on any atom is -0.380 e. The molecule has 1 aliphatic heterocycles. The maximum absolute atomic E-state index is 5.25. The van der Waals surface area contributed by atoms with Gasteiger partial charge in [0.1, 0.15) is 5.76 Å². The van der Waals surface area contributed by atoms with E-state index in [2.05, 4.69) is 47.4 Å². The van der Waals surface area contributed by atoms with Crippen LogP contribution in [0, 0.1) is 13.8 Å². The molecular weight excluding hydrogens is 286 g/mol. The first-order valence-corrected chi connectivity index (χ1v) is 8.60. The van der Waals surface area contributed by atoms with E-state index in [9.17, 15) is 0 Å². The molecule has 2 heterocycles. The Morgan fingerprint density at radius 1 is 1.30 bits per heavy atom. The molecule has 0 saturated heterocycles. The number of hydrogen-bond acceptors (Lipinski definition) is 4. The molecule has 1 atom stereocenters. The van der Waals surface area contributed by atoms with Crippen LogP contribution in [0.1, 0.15) is 54.8 Å². The van der Waals surface area contributed by atoms with Gasteiger partial charge in [0.25, 0.3) is 0 Å². The highest BCUT2D eigenvalue weighted by Crippen LogP contribution is 2.31. The number of aromatic nitrogens is 1. The Morgan fingerprint density at radius 2 is 2.13 bits per heavy atom. The summed E-state index contributed by atoms with van der Waals surface area (Å²) in [7, 11) is 0. The number of hydrogen-bond donors (Lipinski definition) is 1. The third kappa shape index (κ3) is 3.27. The second-order valence-corrected chi connectivity index (χ2v) is 6.64. The summed E-state index contributed by atoms with van der Waals surface area (Å²) in [5.74, 6) is 0.903. The van der Waals surface area contributed by atoms with Crippen molar-refractivity contribution in [2.75, 3.05) is 5.32 Å². The fourth-order valence-corrected chi connectivity index (χ4v) is 3.46. The normalized spacial score (nSPS) is 15.7. The van der Waals surface area contributed by atoms with Gasteiger partial charge < -0.3 is 9.84 Å². The van der Waals surface area contributed by atoms with E-state index in [0.717, 1.165) is 36.7 Å². The molecule has 1 unspecified atom stereocenters. The van der Waals surface area contributed by atoms with Gasteiger partial charge in [0.05, 0.1) is 5.69 Å². The predicted octanol–water partition coefficient (Wildman–Crippen LogP) is 4.41. The number of rotatable bonds is 6.